The zero-order valence-corrected chi connectivity index (χ0v) is 4.92. The molecule has 0 saturated carbocycles. The van der Waals surface area contributed by atoms with E-state index in [1.54, 1.807) is 13.0 Å². The molecule has 0 bridgehead atoms. The van der Waals surface area contributed by atoms with Gasteiger partial charge in [-0.1, -0.05) is 12.7 Å². The van der Waals surface area contributed by atoms with Crippen molar-refractivity contribution in [3.05, 3.63) is 24.7 Å². The van der Waals surface area contributed by atoms with Crippen molar-refractivity contribution in [2.24, 2.45) is 0 Å². The van der Waals surface area contributed by atoms with E-state index < -0.39 is 0 Å². The Balaban J connectivity index is 3.15. The third-order valence-corrected chi connectivity index (χ3v) is 0.468. The number of hydrogen-bond donors (Lipinski definition) is 1. The second-order valence-corrected chi connectivity index (χ2v) is 1.38. The number of aliphatic hydroxyl groups excluding tert-OH is 1. The molecule has 8 heavy (non-hydrogen) atoms. The lowest BCUT2D eigenvalue weighted by Gasteiger charge is -1.92. The van der Waals surface area contributed by atoms with E-state index >= 15 is 0 Å². The minimum atomic E-state index is 0.173. The van der Waals surface area contributed by atoms with E-state index in [1.807, 2.05) is 0 Å². The highest BCUT2D eigenvalue weighted by Crippen LogP contribution is 1.84. The van der Waals surface area contributed by atoms with E-state index in [0.29, 0.717) is 6.61 Å². The summed E-state index contributed by atoms with van der Waals surface area (Å²) in [6.45, 7) is 5.41. The van der Waals surface area contributed by atoms with Crippen molar-refractivity contribution in [3.8, 4) is 0 Å². The number of ether oxygens (including phenoxy) is 1. The van der Waals surface area contributed by atoms with Crippen molar-refractivity contribution >= 4 is 0 Å². The molecule has 0 unspecified atom stereocenters. The van der Waals surface area contributed by atoms with E-state index in [2.05, 4.69) is 6.58 Å². The average Bonchev–Trinajstić information content (AvgIpc) is 1.66. The molecule has 0 aromatic rings. The predicted molar refractivity (Wildman–Crippen MR) is 32.5 cm³/mol. The Morgan fingerprint density at radius 1 is 1.88 bits per heavy atom. The lowest BCUT2D eigenvalue weighted by molar-refractivity contribution is 0.262. The van der Waals surface area contributed by atoms with Crippen molar-refractivity contribution in [1.29, 1.82) is 0 Å². The van der Waals surface area contributed by atoms with Gasteiger partial charge in [-0.15, -0.1) is 0 Å². The average molecular weight is 114 g/mol. The monoisotopic (exact) mass is 114 g/mol. The van der Waals surface area contributed by atoms with Gasteiger partial charge in [-0.2, -0.15) is 0 Å². The van der Waals surface area contributed by atoms with Crippen LogP contribution in [0.3, 0.4) is 0 Å². The maximum atomic E-state index is 8.48. The van der Waals surface area contributed by atoms with Gasteiger partial charge in [0.1, 0.15) is 18.6 Å². The van der Waals surface area contributed by atoms with E-state index in [-0.39, 0.29) is 5.76 Å². The first-order chi connectivity index (χ1) is 3.77. The van der Waals surface area contributed by atoms with Crippen LogP contribution in [0.2, 0.25) is 0 Å². The quantitative estimate of drug-likeness (QED) is 0.343. The van der Waals surface area contributed by atoms with Crippen LogP contribution in [-0.4, -0.2) is 11.7 Å². The topological polar surface area (TPSA) is 29.5 Å². The molecule has 0 aromatic heterocycles. The molecular formula is C6H10O2. The molecule has 2 heteroatoms. The molecular weight excluding hydrogens is 104 g/mol. The van der Waals surface area contributed by atoms with Crippen LogP contribution in [0.5, 0.6) is 0 Å². The van der Waals surface area contributed by atoms with Gasteiger partial charge < -0.3 is 9.84 Å². The number of rotatable bonds is 3. The van der Waals surface area contributed by atoms with Crippen LogP contribution in [-0.2, 0) is 4.74 Å². The van der Waals surface area contributed by atoms with Gasteiger partial charge in [-0.25, -0.2) is 0 Å². The Bertz CT molecular complexity index is 90.7. The summed E-state index contributed by atoms with van der Waals surface area (Å²) in [7, 11) is 0. The number of hydrogen-bond acceptors (Lipinski definition) is 2. The van der Waals surface area contributed by atoms with Crippen LogP contribution in [0.4, 0.5) is 0 Å². The highest BCUT2D eigenvalue weighted by atomic mass is 16.5. The Kier molecular flexibility index (Phi) is 3.76. The third kappa shape index (κ3) is 5.08. The van der Waals surface area contributed by atoms with Crippen LogP contribution < -0.4 is 0 Å². The smallest absolute Gasteiger partial charge is 0.123 e. The number of allylic oxidation sites excluding steroid dienone is 1. The van der Waals surface area contributed by atoms with Gasteiger partial charge in [0.05, 0.1) is 0 Å². The molecule has 0 amide bonds. The molecule has 0 saturated heterocycles. The van der Waals surface area contributed by atoms with Gasteiger partial charge in [0.2, 0.25) is 0 Å². The van der Waals surface area contributed by atoms with E-state index in [0.717, 1.165) is 0 Å². The minimum Gasteiger partial charge on any atom is -0.509 e. The molecule has 0 fully saturated rings. The molecule has 0 aliphatic rings. The standard InChI is InChI=1S/C6H10O2/c1-3-4-8-5-6(2)7/h3,5,7H,1,4H2,2H3. The summed E-state index contributed by atoms with van der Waals surface area (Å²) < 4.78 is 4.71. The Hall–Kier alpha value is -0.920. The van der Waals surface area contributed by atoms with Crippen molar-refractivity contribution in [1.82, 2.24) is 0 Å². The van der Waals surface area contributed by atoms with Crippen LogP contribution in [0, 0.1) is 0 Å². The minimum absolute atomic E-state index is 0.173. The molecule has 2 nitrogen and oxygen atoms in total. The maximum Gasteiger partial charge on any atom is 0.123 e. The normalized spacial score (nSPS) is 10.9. The predicted octanol–water partition coefficient (Wildman–Crippen LogP) is 1.61. The molecule has 0 heterocycles. The van der Waals surface area contributed by atoms with Crippen LogP contribution >= 0.6 is 0 Å². The summed E-state index contributed by atoms with van der Waals surface area (Å²) in [4.78, 5) is 0. The summed E-state index contributed by atoms with van der Waals surface area (Å²) in [6.07, 6.45) is 2.89. The zero-order valence-electron chi connectivity index (χ0n) is 4.92. The van der Waals surface area contributed by atoms with Crippen LogP contribution in [0.25, 0.3) is 0 Å². The van der Waals surface area contributed by atoms with Gasteiger partial charge in [0.15, 0.2) is 0 Å². The van der Waals surface area contributed by atoms with Gasteiger partial charge in [-0.05, 0) is 6.92 Å². The Labute approximate surface area is 49.1 Å². The first-order valence-corrected chi connectivity index (χ1v) is 2.35. The van der Waals surface area contributed by atoms with Gasteiger partial charge in [0, 0.05) is 0 Å². The summed E-state index contributed by atoms with van der Waals surface area (Å²) in [5.41, 5.74) is 0. The zero-order chi connectivity index (χ0) is 6.41. The second kappa shape index (κ2) is 4.24. The first-order valence-electron chi connectivity index (χ1n) is 2.35. The SMILES string of the molecule is C=CCOC=C(C)O. The van der Waals surface area contributed by atoms with E-state index in [1.165, 1.54) is 6.26 Å². The molecule has 0 aliphatic heterocycles. The molecule has 0 aliphatic carbocycles. The fourth-order valence-electron chi connectivity index (χ4n) is 0.237. The van der Waals surface area contributed by atoms with Crippen LogP contribution in [0.15, 0.2) is 24.7 Å². The summed E-state index contributed by atoms with van der Waals surface area (Å²) in [5.74, 6) is 0.173. The highest BCUT2D eigenvalue weighted by molar-refractivity contribution is 4.78. The van der Waals surface area contributed by atoms with Crippen LogP contribution in [0.1, 0.15) is 6.92 Å². The molecule has 1 N–H and O–H groups in total. The van der Waals surface area contributed by atoms with Gasteiger partial charge in [-0.3, -0.25) is 0 Å². The highest BCUT2D eigenvalue weighted by Gasteiger charge is 1.75. The molecule has 0 radical (unpaired) electrons. The lowest BCUT2D eigenvalue weighted by Crippen LogP contribution is -1.80. The molecule has 0 aromatic carbocycles. The van der Waals surface area contributed by atoms with E-state index in [4.69, 9.17) is 9.84 Å². The van der Waals surface area contributed by atoms with Crippen molar-refractivity contribution in [3.63, 3.8) is 0 Å². The summed E-state index contributed by atoms with van der Waals surface area (Å²) >= 11 is 0. The lowest BCUT2D eigenvalue weighted by atomic mass is 10.6. The Morgan fingerprint density at radius 3 is 2.88 bits per heavy atom. The second-order valence-electron chi connectivity index (χ2n) is 1.38. The van der Waals surface area contributed by atoms with Gasteiger partial charge in [0.25, 0.3) is 0 Å². The van der Waals surface area contributed by atoms with Crippen molar-refractivity contribution in [2.45, 2.75) is 6.92 Å². The third-order valence-electron chi connectivity index (χ3n) is 0.468. The summed E-state index contributed by atoms with van der Waals surface area (Å²) in [6, 6.07) is 0. The first kappa shape index (κ1) is 7.08. The largest absolute Gasteiger partial charge is 0.509 e. The number of aliphatic hydroxyl groups is 1. The van der Waals surface area contributed by atoms with Gasteiger partial charge >= 0.3 is 0 Å². The fourth-order valence-corrected chi connectivity index (χ4v) is 0.237. The fraction of sp³-hybridized carbons (Fsp3) is 0.333. The molecule has 0 spiro atoms. The molecule has 0 rings (SSSR count). The summed E-state index contributed by atoms with van der Waals surface area (Å²) in [5, 5.41) is 8.48. The van der Waals surface area contributed by atoms with Crippen molar-refractivity contribution in [2.75, 3.05) is 6.61 Å². The van der Waals surface area contributed by atoms with E-state index in [9.17, 15) is 0 Å². The molecule has 46 valence electrons. The maximum absolute atomic E-state index is 8.48. The van der Waals surface area contributed by atoms with Crippen molar-refractivity contribution < 1.29 is 9.84 Å². The molecule has 0 atom stereocenters. The Morgan fingerprint density at radius 2 is 2.50 bits per heavy atom.